The Bertz CT molecular complexity index is 423. The number of hydrogen-bond acceptors (Lipinski definition) is 2. The van der Waals surface area contributed by atoms with E-state index in [0.29, 0.717) is 10.7 Å². The van der Waals surface area contributed by atoms with Gasteiger partial charge in [-0.05, 0) is 47.2 Å². The molecule has 86 valence electrons. The zero-order valence-corrected chi connectivity index (χ0v) is 11.4. The second-order valence-corrected chi connectivity index (χ2v) is 4.77. The molecule has 1 rings (SSSR count). The Morgan fingerprint density at radius 1 is 1.44 bits per heavy atom. The van der Waals surface area contributed by atoms with Crippen molar-refractivity contribution in [2.75, 3.05) is 5.32 Å². The van der Waals surface area contributed by atoms with Crippen LogP contribution in [0.25, 0.3) is 0 Å². The summed E-state index contributed by atoms with van der Waals surface area (Å²) in [6.07, 6.45) is 0. The number of rotatable bonds is 1. The summed E-state index contributed by atoms with van der Waals surface area (Å²) in [6.45, 7) is 1.89. The lowest BCUT2D eigenvalue weighted by Crippen LogP contribution is -2.39. The molecule has 0 amide bonds. The third kappa shape index (κ3) is 3.53. The van der Waals surface area contributed by atoms with Crippen molar-refractivity contribution in [1.29, 1.82) is 10.8 Å². The van der Waals surface area contributed by atoms with Crippen LogP contribution in [0.15, 0.2) is 12.1 Å². The Hall–Kier alpha value is -1.02. The Labute approximate surface area is 112 Å². The summed E-state index contributed by atoms with van der Waals surface area (Å²) in [5.74, 6) is -0.379. The molecule has 7 heteroatoms. The fourth-order valence-electron chi connectivity index (χ4n) is 1.15. The number of nitrogens with one attached hydrogen (secondary N) is 4. The summed E-state index contributed by atoms with van der Waals surface area (Å²) < 4.78 is 1.02. The standard InChI is InChI=1S/C9H11ClIN5/c1-4-2-5(11)3-6(10)7(4)15-9(14)16-8(12)13/h2-3H,1H3,(H6,12,13,14,15,16). The van der Waals surface area contributed by atoms with E-state index in [1.807, 2.05) is 13.0 Å². The zero-order chi connectivity index (χ0) is 12.3. The molecule has 1 aromatic carbocycles. The van der Waals surface area contributed by atoms with Crippen LogP contribution in [0.5, 0.6) is 0 Å². The average molecular weight is 352 g/mol. The maximum atomic E-state index is 7.50. The van der Waals surface area contributed by atoms with E-state index in [1.54, 1.807) is 6.07 Å². The maximum absolute atomic E-state index is 7.50. The summed E-state index contributed by atoms with van der Waals surface area (Å²) in [5.41, 5.74) is 6.67. The minimum atomic E-state index is -0.295. The Morgan fingerprint density at radius 2 is 2.06 bits per heavy atom. The van der Waals surface area contributed by atoms with Crippen molar-refractivity contribution in [2.24, 2.45) is 5.73 Å². The highest BCUT2D eigenvalue weighted by atomic mass is 127. The molecular weight excluding hydrogens is 340 g/mol. The molecule has 0 aromatic heterocycles. The normalized spacial score (nSPS) is 9.69. The predicted molar refractivity (Wildman–Crippen MR) is 75.3 cm³/mol. The van der Waals surface area contributed by atoms with Gasteiger partial charge in [0.15, 0.2) is 11.9 Å². The first-order chi connectivity index (χ1) is 7.40. The van der Waals surface area contributed by atoms with Crippen molar-refractivity contribution in [3.63, 3.8) is 0 Å². The quantitative estimate of drug-likeness (QED) is 0.304. The SMILES string of the molecule is Cc1cc(I)cc(Cl)c1NC(=N)NC(=N)N. The molecule has 0 fully saturated rings. The molecule has 0 aliphatic heterocycles. The van der Waals surface area contributed by atoms with E-state index in [4.69, 9.17) is 28.2 Å². The summed E-state index contributed by atoms with van der Waals surface area (Å²) in [4.78, 5) is 0. The first-order valence-corrected chi connectivity index (χ1v) is 5.78. The van der Waals surface area contributed by atoms with E-state index < -0.39 is 0 Å². The second kappa shape index (κ2) is 5.35. The van der Waals surface area contributed by atoms with Gasteiger partial charge in [-0.25, -0.2) is 0 Å². The lowest BCUT2D eigenvalue weighted by Gasteiger charge is -2.13. The molecule has 0 heterocycles. The molecule has 5 nitrogen and oxygen atoms in total. The Balaban J connectivity index is 2.89. The summed E-state index contributed by atoms with van der Waals surface area (Å²) >= 11 is 8.20. The number of halogens is 2. The van der Waals surface area contributed by atoms with Crippen LogP contribution in [0.3, 0.4) is 0 Å². The van der Waals surface area contributed by atoms with Crippen molar-refractivity contribution in [2.45, 2.75) is 6.92 Å². The molecule has 0 aliphatic carbocycles. The van der Waals surface area contributed by atoms with E-state index in [1.165, 1.54) is 0 Å². The van der Waals surface area contributed by atoms with E-state index >= 15 is 0 Å². The lowest BCUT2D eigenvalue weighted by atomic mass is 10.2. The number of benzene rings is 1. The number of hydrogen-bond donors (Lipinski definition) is 5. The first-order valence-electron chi connectivity index (χ1n) is 4.32. The molecule has 0 unspecified atom stereocenters. The van der Waals surface area contributed by atoms with Gasteiger partial charge >= 0.3 is 0 Å². The van der Waals surface area contributed by atoms with Gasteiger partial charge in [-0.3, -0.25) is 16.1 Å². The minimum Gasteiger partial charge on any atom is -0.370 e. The van der Waals surface area contributed by atoms with Crippen LogP contribution < -0.4 is 16.4 Å². The van der Waals surface area contributed by atoms with Crippen molar-refractivity contribution >= 4 is 51.8 Å². The van der Waals surface area contributed by atoms with Gasteiger partial charge in [0, 0.05) is 3.57 Å². The molecule has 16 heavy (non-hydrogen) atoms. The van der Waals surface area contributed by atoms with Gasteiger partial charge in [0.05, 0.1) is 10.7 Å². The number of aryl methyl sites for hydroxylation is 1. The molecule has 0 radical (unpaired) electrons. The van der Waals surface area contributed by atoms with Crippen LogP contribution in [0.4, 0.5) is 5.69 Å². The Kier molecular flexibility index (Phi) is 4.36. The van der Waals surface area contributed by atoms with Gasteiger partial charge in [0.25, 0.3) is 0 Å². The van der Waals surface area contributed by atoms with E-state index in [2.05, 4.69) is 33.2 Å². The largest absolute Gasteiger partial charge is 0.370 e. The van der Waals surface area contributed by atoms with Crippen LogP contribution in [-0.2, 0) is 0 Å². The molecule has 0 spiro atoms. The first kappa shape index (κ1) is 13.0. The predicted octanol–water partition coefficient (Wildman–Crippen LogP) is 2.08. The summed E-state index contributed by atoms with van der Waals surface area (Å²) in [6, 6.07) is 3.73. The maximum Gasteiger partial charge on any atom is 0.199 e. The highest BCUT2D eigenvalue weighted by molar-refractivity contribution is 14.1. The number of anilines is 1. The number of guanidine groups is 2. The molecular formula is C9H11ClIN5. The minimum absolute atomic E-state index is 0.0845. The van der Waals surface area contributed by atoms with Crippen molar-refractivity contribution in [3.8, 4) is 0 Å². The Morgan fingerprint density at radius 3 is 2.56 bits per heavy atom. The third-order valence-corrected chi connectivity index (χ3v) is 2.68. The lowest BCUT2D eigenvalue weighted by molar-refractivity contribution is 1.20. The van der Waals surface area contributed by atoms with E-state index in [-0.39, 0.29) is 11.9 Å². The summed E-state index contributed by atoms with van der Waals surface area (Å²) in [5, 5.41) is 20.1. The van der Waals surface area contributed by atoms with Crippen LogP contribution in [-0.4, -0.2) is 11.9 Å². The van der Waals surface area contributed by atoms with E-state index in [9.17, 15) is 0 Å². The molecule has 0 saturated carbocycles. The van der Waals surface area contributed by atoms with Gasteiger partial charge in [-0.1, -0.05) is 11.6 Å². The molecule has 0 aliphatic rings. The molecule has 0 atom stereocenters. The smallest absolute Gasteiger partial charge is 0.199 e. The van der Waals surface area contributed by atoms with Gasteiger partial charge in [-0.15, -0.1) is 0 Å². The zero-order valence-electron chi connectivity index (χ0n) is 8.49. The highest BCUT2D eigenvalue weighted by Gasteiger charge is 2.07. The van der Waals surface area contributed by atoms with E-state index in [0.717, 1.165) is 9.13 Å². The van der Waals surface area contributed by atoms with Crippen molar-refractivity contribution in [1.82, 2.24) is 5.32 Å². The van der Waals surface area contributed by atoms with Gasteiger partial charge in [-0.2, -0.15) is 0 Å². The van der Waals surface area contributed by atoms with Gasteiger partial charge < -0.3 is 11.1 Å². The van der Waals surface area contributed by atoms with Crippen LogP contribution in [0.1, 0.15) is 5.56 Å². The van der Waals surface area contributed by atoms with Gasteiger partial charge in [0.1, 0.15) is 0 Å². The molecule has 0 bridgehead atoms. The van der Waals surface area contributed by atoms with Crippen molar-refractivity contribution in [3.05, 3.63) is 26.3 Å². The monoisotopic (exact) mass is 351 g/mol. The van der Waals surface area contributed by atoms with Crippen LogP contribution >= 0.6 is 34.2 Å². The third-order valence-electron chi connectivity index (χ3n) is 1.76. The summed E-state index contributed by atoms with van der Waals surface area (Å²) in [7, 11) is 0. The molecule has 6 N–H and O–H groups in total. The topological polar surface area (TPSA) is 97.8 Å². The fraction of sp³-hybridized carbons (Fsp3) is 0.111. The van der Waals surface area contributed by atoms with Crippen molar-refractivity contribution < 1.29 is 0 Å². The van der Waals surface area contributed by atoms with Crippen LogP contribution in [0, 0.1) is 21.3 Å². The molecule has 1 aromatic rings. The average Bonchev–Trinajstić information content (AvgIpc) is 2.09. The highest BCUT2D eigenvalue weighted by Crippen LogP contribution is 2.27. The van der Waals surface area contributed by atoms with Gasteiger partial charge in [0.2, 0.25) is 0 Å². The number of nitrogens with two attached hydrogens (primary N) is 1. The fourth-order valence-corrected chi connectivity index (χ4v) is 2.43. The molecule has 0 saturated heterocycles. The second-order valence-electron chi connectivity index (χ2n) is 3.12. The van der Waals surface area contributed by atoms with Crippen LogP contribution in [0.2, 0.25) is 5.02 Å².